The fraction of sp³-hybridized carbons (Fsp3) is 0.529. The van der Waals surface area contributed by atoms with E-state index in [1.807, 2.05) is 6.92 Å². The minimum Gasteiger partial charge on any atom is -0.347 e. The van der Waals surface area contributed by atoms with Crippen LogP contribution in [0.4, 0.5) is 0 Å². The minimum atomic E-state index is -3.57. The molecule has 3 rings (SSSR count). The molecule has 0 unspecified atom stereocenters. The molecule has 9 heteroatoms. The second kappa shape index (κ2) is 7.66. The lowest BCUT2D eigenvalue weighted by Gasteiger charge is -2.34. The third kappa shape index (κ3) is 4.27. The summed E-state index contributed by atoms with van der Waals surface area (Å²) < 4.78 is 27.5. The molecule has 1 aliphatic carbocycles. The third-order valence-electron chi connectivity index (χ3n) is 4.89. The monoisotopic (exact) mass is 443 g/mol. The van der Waals surface area contributed by atoms with E-state index in [-0.39, 0.29) is 42.3 Å². The van der Waals surface area contributed by atoms with Crippen LogP contribution >= 0.6 is 15.9 Å². The smallest absolute Gasteiger partial charge is 0.243 e. The number of hydrogen-bond donors (Lipinski definition) is 1. The van der Waals surface area contributed by atoms with Gasteiger partial charge in [0.05, 0.1) is 11.4 Å². The van der Waals surface area contributed by atoms with Gasteiger partial charge in [-0.1, -0.05) is 28.9 Å². The zero-order valence-electron chi connectivity index (χ0n) is 14.5. The van der Waals surface area contributed by atoms with E-state index in [1.54, 1.807) is 29.2 Å². The number of rotatable bonds is 5. The van der Waals surface area contributed by atoms with Crippen molar-refractivity contribution < 1.29 is 18.0 Å². The lowest BCUT2D eigenvalue weighted by atomic mass is 10.3. The molecule has 0 aromatic heterocycles. The zero-order chi connectivity index (χ0) is 18.9. The molecule has 2 atom stereocenters. The van der Waals surface area contributed by atoms with Crippen LogP contribution in [0.5, 0.6) is 0 Å². The lowest BCUT2D eigenvalue weighted by molar-refractivity contribution is -0.134. The van der Waals surface area contributed by atoms with Gasteiger partial charge in [-0.15, -0.1) is 0 Å². The van der Waals surface area contributed by atoms with Crippen LogP contribution in [-0.4, -0.2) is 62.2 Å². The molecule has 1 saturated heterocycles. The predicted octanol–water partition coefficient (Wildman–Crippen LogP) is 1.05. The van der Waals surface area contributed by atoms with E-state index in [0.29, 0.717) is 23.5 Å². The summed E-state index contributed by atoms with van der Waals surface area (Å²) in [5.74, 6) is 0.194. The predicted molar refractivity (Wildman–Crippen MR) is 99.8 cm³/mol. The quantitative estimate of drug-likeness (QED) is 0.736. The molecule has 0 spiro atoms. The van der Waals surface area contributed by atoms with Gasteiger partial charge in [0.25, 0.3) is 0 Å². The highest BCUT2D eigenvalue weighted by Crippen LogP contribution is 2.37. The fourth-order valence-electron chi connectivity index (χ4n) is 3.05. The number of halogens is 1. The van der Waals surface area contributed by atoms with Crippen molar-refractivity contribution in [2.75, 3.05) is 32.7 Å². The summed E-state index contributed by atoms with van der Waals surface area (Å²) in [7, 11) is -3.57. The molecule has 1 saturated carbocycles. The van der Waals surface area contributed by atoms with Crippen molar-refractivity contribution in [3.63, 3.8) is 0 Å². The van der Waals surface area contributed by atoms with E-state index < -0.39 is 10.0 Å². The minimum absolute atomic E-state index is 0.0273. The van der Waals surface area contributed by atoms with Gasteiger partial charge >= 0.3 is 0 Å². The van der Waals surface area contributed by atoms with Gasteiger partial charge in [0.15, 0.2) is 0 Å². The van der Waals surface area contributed by atoms with Gasteiger partial charge in [0.2, 0.25) is 21.8 Å². The van der Waals surface area contributed by atoms with Crippen molar-refractivity contribution in [2.24, 2.45) is 11.8 Å². The molecule has 26 heavy (non-hydrogen) atoms. The molecule has 2 fully saturated rings. The number of nitrogens with one attached hydrogen (secondary N) is 1. The summed E-state index contributed by atoms with van der Waals surface area (Å²) in [5, 5.41) is 2.68. The molecule has 2 aliphatic rings. The summed E-state index contributed by atoms with van der Waals surface area (Å²) in [5.41, 5.74) is 0. The molecule has 1 aromatic rings. The molecule has 1 N–H and O–H groups in total. The standard InChI is InChI=1S/C17H22BrN3O4S/c1-12-9-15(12)17(23)19-11-16(22)20-5-7-21(8-6-20)26(24,25)14-4-2-3-13(18)10-14/h2-4,10,12,15H,5-9,11H2,1H3,(H,19,23)/t12-,15-/m0/s1. The molecule has 7 nitrogen and oxygen atoms in total. The van der Waals surface area contributed by atoms with Crippen LogP contribution in [-0.2, 0) is 19.6 Å². The fourth-order valence-corrected chi connectivity index (χ4v) is 5.07. The molecule has 2 amide bonds. The Hall–Kier alpha value is -1.45. The van der Waals surface area contributed by atoms with E-state index in [1.165, 1.54) is 4.31 Å². The van der Waals surface area contributed by atoms with Gasteiger partial charge in [0.1, 0.15) is 0 Å². The summed E-state index contributed by atoms with van der Waals surface area (Å²) in [4.78, 5) is 25.9. The average Bonchev–Trinajstić information content (AvgIpc) is 3.36. The van der Waals surface area contributed by atoms with Crippen LogP contribution in [0, 0.1) is 11.8 Å². The first kappa shape index (κ1) is 19.3. The number of hydrogen-bond acceptors (Lipinski definition) is 4. The van der Waals surface area contributed by atoms with Crippen LogP contribution in [0.1, 0.15) is 13.3 Å². The van der Waals surface area contributed by atoms with E-state index in [2.05, 4.69) is 21.2 Å². The van der Waals surface area contributed by atoms with E-state index in [0.717, 1.165) is 6.42 Å². The molecule has 1 aromatic carbocycles. The van der Waals surface area contributed by atoms with Gasteiger partial charge in [-0.25, -0.2) is 8.42 Å². The largest absolute Gasteiger partial charge is 0.347 e. The third-order valence-corrected chi connectivity index (χ3v) is 7.27. The molecule has 1 aliphatic heterocycles. The Morgan fingerprint density at radius 1 is 1.23 bits per heavy atom. The number of sulfonamides is 1. The van der Waals surface area contributed by atoms with Crippen molar-refractivity contribution in [1.29, 1.82) is 0 Å². The lowest BCUT2D eigenvalue weighted by Crippen LogP contribution is -2.52. The molecule has 142 valence electrons. The first-order chi connectivity index (χ1) is 12.3. The molecular weight excluding hydrogens is 422 g/mol. The van der Waals surface area contributed by atoms with Gasteiger partial charge in [0, 0.05) is 36.6 Å². The van der Waals surface area contributed by atoms with E-state index in [9.17, 15) is 18.0 Å². The Morgan fingerprint density at radius 2 is 1.88 bits per heavy atom. The van der Waals surface area contributed by atoms with Gasteiger partial charge in [-0.2, -0.15) is 4.31 Å². The Labute approximate surface area is 161 Å². The molecular formula is C17H22BrN3O4S. The van der Waals surface area contributed by atoms with Gasteiger partial charge in [-0.3, -0.25) is 9.59 Å². The number of nitrogens with zero attached hydrogens (tertiary/aromatic N) is 2. The molecule has 1 heterocycles. The van der Waals surface area contributed by atoms with E-state index in [4.69, 9.17) is 0 Å². The van der Waals surface area contributed by atoms with Crippen LogP contribution in [0.2, 0.25) is 0 Å². The van der Waals surface area contributed by atoms with Gasteiger partial charge < -0.3 is 10.2 Å². The van der Waals surface area contributed by atoms with Crippen molar-refractivity contribution >= 4 is 37.8 Å². The maximum atomic E-state index is 12.7. The van der Waals surface area contributed by atoms with Crippen LogP contribution < -0.4 is 5.32 Å². The number of carbonyl (C=O) groups excluding carboxylic acids is 2. The Morgan fingerprint density at radius 3 is 2.46 bits per heavy atom. The number of carbonyl (C=O) groups is 2. The first-order valence-electron chi connectivity index (χ1n) is 8.60. The SMILES string of the molecule is C[C@H]1C[C@@H]1C(=O)NCC(=O)N1CCN(S(=O)(=O)c2cccc(Br)c2)CC1. The second-order valence-electron chi connectivity index (χ2n) is 6.78. The number of piperazine rings is 1. The summed E-state index contributed by atoms with van der Waals surface area (Å²) in [6, 6.07) is 6.58. The number of amides is 2. The van der Waals surface area contributed by atoms with Crippen LogP contribution in [0.3, 0.4) is 0 Å². The maximum absolute atomic E-state index is 12.7. The first-order valence-corrected chi connectivity index (χ1v) is 10.8. The maximum Gasteiger partial charge on any atom is 0.243 e. The second-order valence-corrected chi connectivity index (χ2v) is 9.63. The highest BCUT2D eigenvalue weighted by atomic mass is 79.9. The van der Waals surface area contributed by atoms with Crippen molar-refractivity contribution in [1.82, 2.24) is 14.5 Å². The molecule has 0 radical (unpaired) electrons. The summed E-state index contributed by atoms with van der Waals surface area (Å²) >= 11 is 3.28. The van der Waals surface area contributed by atoms with Gasteiger partial charge in [-0.05, 0) is 30.5 Å². The zero-order valence-corrected chi connectivity index (χ0v) is 16.9. The van der Waals surface area contributed by atoms with Crippen molar-refractivity contribution in [3.05, 3.63) is 28.7 Å². The highest BCUT2D eigenvalue weighted by molar-refractivity contribution is 9.10. The Balaban J connectivity index is 1.52. The molecule has 0 bridgehead atoms. The van der Waals surface area contributed by atoms with E-state index >= 15 is 0 Å². The van der Waals surface area contributed by atoms with Crippen molar-refractivity contribution in [2.45, 2.75) is 18.2 Å². The normalized spacial score (nSPS) is 23.5. The topological polar surface area (TPSA) is 86.8 Å². The number of benzene rings is 1. The Kier molecular flexibility index (Phi) is 5.69. The van der Waals surface area contributed by atoms with Crippen LogP contribution in [0.25, 0.3) is 0 Å². The highest BCUT2D eigenvalue weighted by Gasteiger charge is 2.39. The Bertz CT molecular complexity index is 806. The van der Waals surface area contributed by atoms with Crippen LogP contribution in [0.15, 0.2) is 33.6 Å². The average molecular weight is 444 g/mol. The summed E-state index contributed by atoms with van der Waals surface area (Å²) in [6.45, 7) is 3.11. The van der Waals surface area contributed by atoms with Crippen molar-refractivity contribution in [3.8, 4) is 0 Å². The summed E-state index contributed by atoms with van der Waals surface area (Å²) in [6.07, 6.45) is 0.881.